The molecule has 5 heteroatoms. The SMILES string of the molecule is CC1=C(/C=C\CO)C[C@H]2N(CC3CC3)CC[C@@]13[C@@H](O)[C@]1(O)CC[C@@]23C[C@@H]1[C@](C)(O)C(C)(C)C. The maximum absolute atomic E-state index is 12.2. The van der Waals surface area contributed by atoms with E-state index < -0.39 is 28.1 Å². The van der Waals surface area contributed by atoms with Crippen molar-refractivity contribution in [3.05, 3.63) is 23.3 Å². The summed E-state index contributed by atoms with van der Waals surface area (Å²) in [6, 6.07) is 0.298. The third kappa shape index (κ3) is 3.02. The van der Waals surface area contributed by atoms with Crippen molar-refractivity contribution in [1.29, 1.82) is 0 Å². The van der Waals surface area contributed by atoms with Crippen molar-refractivity contribution in [3.63, 3.8) is 0 Å². The van der Waals surface area contributed by atoms with Gasteiger partial charge in [-0.2, -0.15) is 0 Å². The Morgan fingerprint density at radius 3 is 2.42 bits per heavy atom. The predicted octanol–water partition coefficient (Wildman–Crippen LogP) is 3.42. The van der Waals surface area contributed by atoms with Crippen molar-refractivity contribution in [2.75, 3.05) is 19.7 Å². The molecule has 0 aromatic rings. The van der Waals surface area contributed by atoms with Crippen LogP contribution in [0.4, 0.5) is 0 Å². The minimum Gasteiger partial charge on any atom is -0.392 e. The molecule has 7 atom stereocenters. The fraction of sp³-hybridized carbons (Fsp3) is 0.857. The van der Waals surface area contributed by atoms with Crippen LogP contribution in [-0.4, -0.2) is 68.4 Å². The maximum Gasteiger partial charge on any atom is 0.0970 e. The van der Waals surface area contributed by atoms with Crippen LogP contribution >= 0.6 is 0 Å². The molecule has 1 aliphatic heterocycles. The lowest BCUT2D eigenvalue weighted by Gasteiger charge is -2.76. The molecule has 5 nitrogen and oxygen atoms in total. The van der Waals surface area contributed by atoms with Crippen molar-refractivity contribution in [1.82, 2.24) is 4.90 Å². The molecule has 186 valence electrons. The number of nitrogens with zero attached hydrogens (tertiary/aromatic N) is 1. The van der Waals surface area contributed by atoms with Gasteiger partial charge in [0.2, 0.25) is 0 Å². The van der Waals surface area contributed by atoms with Crippen LogP contribution < -0.4 is 0 Å². The van der Waals surface area contributed by atoms with Gasteiger partial charge in [0.1, 0.15) is 0 Å². The number of aliphatic hydroxyl groups is 4. The summed E-state index contributed by atoms with van der Waals surface area (Å²) < 4.78 is 0. The molecule has 0 unspecified atom stereocenters. The van der Waals surface area contributed by atoms with Gasteiger partial charge >= 0.3 is 0 Å². The van der Waals surface area contributed by atoms with Gasteiger partial charge in [0, 0.05) is 23.9 Å². The quantitative estimate of drug-likeness (QED) is 0.506. The summed E-state index contributed by atoms with van der Waals surface area (Å²) in [4.78, 5) is 2.69. The summed E-state index contributed by atoms with van der Waals surface area (Å²) in [6.45, 7) is 12.3. The predicted molar refractivity (Wildman–Crippen MR) is 129 cm³/mol. The lowest BCUT2D eigenvalue weighted by atomic mass is 9.32. The zero-order valence-electron chi connectivity index (χ0n) is 21.3. The topological polar surface area (TPSA) is 84.2 Å². The van der Waals surface area contributed by atoms with Crippen LogP contribution in [0, 0.1) is 28.1 Å². The lowest BCUT2D eigenvalue weighted by molar-refractivity contribution is -0.332. The van der Waals surface area contributed by atoms with Crippen LogP contribution in [0.1, 0.15) is 79.6 Å². The monoisotopic (exact) mass is 459 g/mol. The number of piperidine rings is 1. The van der Waals surface area contributed by atoms with Crippen molar-refractivity contribution in [2.45, 2.75) is 103 Å². The zero-order chi connectivity index (χ0) is 24.0. The van der Waals surface area contributed by atoms with Crippen molar-refractivity contribution >= 4 is 0 Å². The number of allylic oxidation sites excluding steroid dienone is 1. The molecule has 5 fully saturated rings. The van der Waals surface area contributed by atoms with Crippen LogP contribution in [0.25, 0.3) is 0 Å². The molecule has 4 N–H and O–H groups in total. The van der Waals surface area contributed by atoms with E-state index in [-0.39, 0.29) is 17.9 Å². The fourth-order valence-electron chi connectivity index (χ4n) is 8.67. The minimum absolute atomic E-state index is 0.00833. The number of likely N-dealkylation sites (tertiary alicyclic amines) is 1. The highest BCUT2D eigenvalue weighted by atomic mass is 16.4. The van der Waals surface area contributed by atoms with Crippen LogP contribution in [0.5, 0.6) is 0 Å². The Labute approximate surface area is 199 Å². The van der Waals surface area contributed by atoms with E-state index in [4.69, 9.17) is 0 Å². The Morgan fingerprint density at radius 1 is 1.12 bits per heavy atom. The molecular formula is C28H45NO4. The normalized spacial score (nSPS) is 45.4. The highest BCUT2D eigenvalue weighted by Gasteiger charge is 2.78. The van der Waals surface area contributed by atoms with Crippen LogP contribution in [-0.2, 0) is 0 Å². The standard InChI is InChI=1S/C28H45NO4/c1-18-20(7-6-14-30)15-22-26-10-11-28(33,21(16-26)25(5,32)24(2,3)4)23(31)27(18,26)12-13-29(22)17-19-8-9-19/h6-7,19,21-23,30-33H,8-17H2,1-5H3/b7-6-/t21-,22-,23-,25+,26-,27+,28+/m1/s1. The number of hydrogen-bond donors (Lipinski definition) is 4. The summed E-state index contributed by atoms with van der Waals surface area (Å²) in [5.41, 5.74) is -1.00. The molecule has 0 amide bonds. The maximum atomic E-state index is 12.2. The van der Waals surface area contributed by atoms with E-state index >= 15 is 0 Å². The third-order valence-corrected chi connectivity index (χ3v) is 11.2. The number of aliphatic hydroxyl groups excluding tert-OH is 2. The van der Waals surface area contributed by atoms with Gasteiger partial charge in [-0.3, -0.25) is 4.90 Å². The van der Waals surface area contributed by atoms with Crippen LogP contribution in [0.3, 0.4) is 0 Å². The van der Waals surface area contributed by atoms with Crippen LogP contribution in [0.15, 0.2) is 23.3 Å². The van der Waals surface area contributed by atoms with Gasteiger partial charge in [-0.05, 0) is 87.7 Å². The molecule has 6 aliphatic rings. The largest absolute Gasteiger partial charge is 0.392 e. The second kappa shape index (κ2) is 7.39. The van der Waals surface area contributed by atoms with Gasteiger partial charge in [0.15, 0.2) is 0 Å². The second-order valence-corrected chi connectivity index (χ2v) is 13.3. The Kier molecular flexibility index (Phi) is 5.38. The van der Waals surface area contributed by atoms with E-state index in [1.54, 1.807) is 0 Å². The molecule has 0 aromatic carbocycles. The Bertz CT molecular complexity index is 868. The fourth-order valence-corrected chi connectivity index (χ4v) is 8.67. The first-order chi connectivity index (χ1) is 15.3. The molecule has 33 heavy (non-hydrogen) atoms. The highest BCUT2D eigenvalue weighted by molar-refractivity contribution is 5.44. The van der Waals surface area contributed by atoms with E-state index in [0.717, 1.165) is 44.7 Å². The molecule has 6 rings (SSSR count). The van der Waals surface area contributed by atoms with E-state index in [1.807, 2.05) is 33.8 Å². The summed E-state index contributed by atoms with van der Waals surface area (Å²) in [7, 11) is 0. The Morgan fingerprint density at radius 2 is 1.82 bits per heavy atom. The van der Waals surface area contributed by atoms with Gasteiger partial charge in [-0.1, -0.05) is 38.5 Å². The number of rotatable bonds is 5. The first-order valence-corrected chi connectivity index (χ1v) is 13.2. The summed E-state index contributed by atoms with van der Waals surface area (Å²) >= 11 is 0. The summed E-state index contributed by atoms with van der Waals surface area (Å²) in [5.74, 6) is 0.424. The van der Waals surface area contributed by atoms with Gasteiger partial charge < -0.3 is 20.4 Å². The average molecular weight is 460 g/mol. The van der Waals surface area contributed by atoms with Gasteiger partial charge in [0.25, 0.3) is 0 Å². The van der Waals surface area contributed by atoms with Gasteiger partial charge in [-0.15, -0.1) is 0 Å². The van der Waals surface area contributed by atoms with Crippen molar-refractivity contribution < 1.29 is 20.4 Å². The Hall–Kier alpha value is -0.720. The number of fused-ring (bicyclic) bond motifs is 2. The van der Waals surface area contributed by atoms with Crippen molar-refractivity contribution in [2.24, 2.45) is 28.1 Å². The van der Waals surface area contributed by atoms with Crippen LogP contribution in [0.2, 0.25) is 0 Å². The van der Waals surface area contributed by atoms with E-state index in [0.29, 0.717) is 12.5 Å². The Balaban J connectivity index is 1.67. The zero-order valence-corrected chi connectivity index (χ0v) is 21.3. The van der Waals surface area contributed by atoms with E-state index in [1.165, 1.54) is 24.0 Å². The van der Waals surface area contributed by atoms with Gasteiger partial charge in [0.05, 0.1) is 23.9 Å². The molecule has 4 saturated carbocycles. The smallest absolute Gasteiger partial charge is 0.0970 e. The average Bonchev–Trinajstić information content (AvgIpc) is 3.56. The molecule has 5 aliphatic carbocycles. The second-order valence-electron chi connectivity index (χ2n) is 13.3. The highest BCUT2D eigenvalue weighted by Crippen LogP contribution is 2.75. The minimum atomic E-state index is -1.30. The van der Waals surface area contributed by atoms with Crippen molar-refractivity contribution in [3.8, 4) is 0 Å². The molecule has 4 bridgehead atoms. The third-order valence-electron chi connectivity index (χ3n) is 11.2. The molecule has 0 radical (unpaired) electrons. The first kappa shape index (κ1) is 24.0. The molecule has 0 aromatic heterocycles. The van der Waals surface area contributed by atoms with E-state index in [9.17, 15) is 20.4 Å². The first-order valence-electron chi connectivity index (χ1n) is 13.2. The molecule has 1 saturated heterocycles. The van der Waals surface area contributed by atoms with E-state index in [2.05, 4.69) is 17.9 Å². The lowest BCUT2D eigenvalue weighted by Crippen LogP contribution is -2.81. The summed E-state index contributed by atoms with van der Waals surface area (Å²) in [5, 5.41) is 45.6. The molecular weight excluding hydrogens is 414 g/mol. The van der Waals surface area contributed by atoms with Gasteiger partial charge in [-0.25, -0.2) is 0 Å². The molecule has 1 spiro atoms. The summed E-state index contributed by atoms with van der Waals surface area (Å²) in [6.07, 6.45) is 9.59. The number of hydrogen-bond acceptors (Lipinski definition) is 5. The molecule has 1 heterocycles.